The van der Waals surface area contributed by atoms with Gasteiger partial charge in [0.05, 0.1) is 10.6 Å². The van der Waals surface area contributed by atoms with E-state index in [1.807, 2.05) is 0 Å². The molecule has 0 unspecified atom stereocenters. The van der Waals surface area contributed by atoms with Crippen LogP contribution >= 0.6 is 0 Å². The van der Waals surface area contributed by atoms with Crippen LogP contribution in [0.3, 0.4) is 0 Å². The van der Waals surface area contributed by atoms with Gasteiger partial charge in [0.2, 0.25) is 10.0 Å². The molecule has 0 saturated carbocycles. The molecule has 1 N–H and O–H groups in total. The number of hydrogen-bond donors (Lipinski definition) is 1. The smallest absolute Gasteiger partial charge is 0.261 e. The molecule has 128 valence electrons. The van der Waals surface area contributed by atoms with Crippen LogP contribution in [0.15, 0.2) is 33.7 Å². The number of carbonyl (C=O) groups is 1. The van der Waals surface area contributed by atoms with Crippen LogP contribution in [-0.2, 0) is 10.0 Å². The largest absolute Gasteiger partial charge is 0.361 e. The Morgan fingerprint density at radius 3 is 2.33 bits per heavy atom. The molecule has 1 saturated heterocycles. The van der Waals surface area contributed by atoms with E-state index in [4.69, 9.17) is 4.52 Å². The summed E-state index contributed by atoms with van der Waals surface area (Å²) in [5, 5.41) is 6.48. The van der Waals surface area contributed by atoms with Crippen LogP contribution in [0, 0.1) is 13.8 Å². The standard InChI is InChI=1S/C16H19N3O4S/c1-11-15(12(2)23-18-11)16(20)17-13-5-7-14(8-6-13)24(21,22)19-9-3-4-10-19/h5-8H,3-4,9-10H2,1-2H3,(H,17,20). The number of aryl methyl sites for hydroxylation is 2. The number of sulfonamides is 1. The first kappa shape index (κ1) is 16.7. The molecule has 2 heterocycles. The van der Waals surface area contributed by atoms with Gasteiger partial charge in [-0.3, -0.25) is 4.79 Å². The van der Waals surface area contributed by atoms with Gasteiger partial charge in [0, 0.05) is 18.8 Å². The van der Waals surface area contributed by atoms with Crippen LogP contribution in [0.1, 0.15) is 34.7 Å². The van der Waals surface area contributed by atoms with Gasteiger partial charge >= 0.3 is 0 Å². The van der Waals surface area contributed by atoms with Crippen LogP contribution in [0.25, 0.3) is 0 Å². The molecule has 1 amide bonds. The number of benzene rings is 1. The normalized spacial score (nSPS) is 15.6. The summed E-state index contributed by atoms with van der Waals surface area (Å²) in [6, 6.07) is 6.19. The average Bonchev–Trinajstić information content (AvgIpc) is 3.18. The highest BCUT2D eigenvalue weighted by atomic mass is 32.2. The van der Waals surface area contributed by atoms with Crippen molar-refractivity contribution in [1.29, 1.82) is 0 Å². The van der Waals surface area contributed by atoms with Crippen molar-refractivity contribution in [2.24, 2.45) is 0 Å². The van der Waals surface area contributed by atoms with Crippen molar-refractivity contribution in [1.82, 2.24) is 9.46 Å². The zero-order chi connectivity index (χ0) is 17.3. The number of nitrogens with zero attached hydrogens (tertiary/aromatic N) is 2. The van der Waals surface area contributed by atoms with E-state index in [2.05, 4.69) is 10.5 Å². The maximum absolute atomic E-state index is 12.5. The molecule has 24 heavy (non-hydrogen) atoms. The van der Waals surface area contributed by atoms with Gasteiger partial charge in [0.1, 0.15) is 11.3 Å². The number of aromatic nitrogens is 1. The maximum atomic E-state index is 12.5. The second-order valence-electron chi connectivity index (χ2n) is 5.79. The highest BCUT2D eigenvalue weighted by Crippen LogP contribution is 2.23. The van der Waals surface area contributed by atoms with Gasteiger partial charge in [-0.1, -0.05) is 5.16 Å². The fourth-order valence-electron chi connectivity index (χ4n) is 2.79. The van der Waals surface area contributed by atoms with Crippen molar-refractivity contribution >= 4 is 21.6 Å². The van der Waals surface area contributed by atoms with Gasteiger partial charge in [0.15, 0.2) is 0 Å². The summed E-state index contributed by atoms with van der Waals surface area (Å²) in [4.78, 5) is 12.5. The molecule has 7 nitrogen and oxygen atoms in total. The third-order valence-electron chi connectivity index (χ3n) is 4.08. The van der Waals surface area contributed by atoms with E-state index in [0.717, 1.165) is 12.8 Å². The molecule has 2 aromatic rings. The van der Waals surface area contributed by atoms with Gasteiger partial charge in [0.25, 0.3) is 5.91 Å². The van der Waals surface area contributed by atoms with Crippen LogP contribution in [0.4, 0.5) is 5.69 Å². The number of carbonyl (C=O) groups excluding carboxylic acids is 1. The lowest BCUT2D eigenvalue weighted by atomic mass is 10.2. The fraction of sp³-hybridized carbons (Fsp3) is 0.375. The Bertz CT molecular complexity index is 830. The summed E-state index contributed by atoms with van der Waals surface area (Å²) in [6.45, 7) is 4.48. The first-order valence-electron chi connectivity index (χ1n) is 7.74. The molecule has 0 aliphatic carbocycles. The molecule has 3 rings (SSSR count). The van der Waals surface area contributed by atoms with E-state index in [-0.39, 0.29) is 10.8 Å². The lowest BCUT2D eigenvalue weighted by Crippen LogP contribution is -2.27. The second-order valence-corrected chi connectivity index (χ2v) is 7.73. The van der Waals surface area contributed by atoms with Crippen molar-refractivity contribution in [3.63, 3.8) is 0 Å². The van der Waals surface area contributed by atoms with E-state index in [0.29, 0.717) is 35.8 Å². The summed E-state index contributed by atoms with van der Waals surface area (Å²) in [6.07, 6.45) is 1.79. The minimum atomic E-state index is -3.44. The van der Waals surface area contributed by atoms with Gasteiger partial charge < -0.3 is 9.84 Å². The highest BCUT2D eigenvalue weighted by Gasteiger charge is 2.27. The van der Waals surface area contributed by atoms with Crippen molar-refractivity contribution in [2.75, 3.05) is 18.4 Å². The van der Waals surface area contributed by atoms with Crippen molar-refractivity contribution in [2.45, 2.75) is 31.6 Å². The minimum Gasteiger partial charge on any atom is -0.361 e. The molecule has 1 fully saturated rings. The lowest BCUT2D eigenvalue weighted by molar-refractivity contribution is 0.102. The number of hydrogen-bond acceptors (Lipinski definition) is 5. The predicted octanol–water partition coefficient (Wildman–Crippen LogP) is 2.33. The first-order chi connectivity index (χ1) is 11.4. The van der Waals surface area contributed by atoms with Gasteiger partial charge in [-0.25, -0.2) is 8.42 Å². The molecule has 0 bridgehead atoms. The summed E-state index contributed by atoms with van der Waals surface area (Å²) in [5.74, 6) is 0.111. The number of nitrogens with one attached hydrogen (secondary N) is 1. The number of rotatable bonds is 4. The van der Waals surface area contributed by atoms with Crippen LogP contribution in [0.5, 0.6) is 0 Å². The molecule has 1 aromatic carbocycles. The Labute approximate surface area is 140 Å². The van der Waals surface area contributed by atoms with E-state index < -0.39 is 10.0 Å². The Morgan fingerprint density at radius 1 is 1.17 bits per heavy atom. The van der Waals surface area contributed by atoms with E-state index in [1.54, 1.807) is 26.0 Å². The third kappa shape index (κ3) is 3.07. The minimum absolute atomic E-state index is 0.236. The molecule has 0 spiro atoms. The monoisotopic (exact) mass is 349 g/mol. The quantitative estimate of drug-likeness (QED) is 0.914. The first-order valence-corrected chi connectivity index (χ1v) is 9.18. The van der Waals surface area contributed by atoms with Crippen molar-refractivity contribution in [3.05, 3.63) is 41.3 Å². The summed E-state index contributed by atoms with van der Waals surface area (Å²) in [7, 11) is -3.44. The lowest BCUT2D eigenvalue weighted by Gasteiger charge is -2.15. The highest BCUT2D eigenvalue weighted by molar-refractivity contribution is 7.89. The SMILES string of the molecule is Cc1noc(C)c1C(=O)Nc1ccc(S(=O)(=O)N2CCCC2)cc1. The third-order valence-corrected chi connectivity index (χ3v) is 5.99. The molecular weight excluding hydrogens is 330 g/mol. The van der Waals surface area contributed by atoms with Crippen LogP contribution in [-0.4, -0.2) is 36.9 Å². The van der Waals surface area contributed by atoms with E-state index >= 15 is 0 Å². The van der Waals surface area contributed by atoms with Gasteiger partial charge in [-0.2, -0.15) is 4.31 Å². The van der Waals surface area contributed by atoms with E-state index in [9.17, 15) is 13.2 Å². The van der Waals surface area contributed by atoms with Crippen LogP contribution < -0.4 is 5.32 Å². The Morgan fingerprint density at radius 2 is 1.79 bits per heavy atom. The second kappa shape index (κ2) is 6.37. The Kier molecular flexibility index (Phi) is 4.42. The number of amides is 1. The number of anilines is 1. The van der Waals surface area contributed by atoms with Crippen LogP contribution in [0.2, 0.25) is 0 Å². The zero-order valence-electron chi connectivity index (χ0n) is 13.6. The van der Waals surface area contributed by atoms with Gasteiger partial charge in [-0.15, -0.1) is 0 Å². The maximum Gasteiger partial charge on any atom is 0.261 e. The Balaban J connectivity index is 1.76. The average molecular weight is 349 g/mol. The molecule has 1 aliphatic rings. The zero-order valence-corrected chi connectivity index (χ0v) is 14.4. The fourth-order valence-corrected chi connectivity index (χ4v) is 4.31. The molecule has 0 atom stereocenters. The van der Waals surface area contributed by atoms with E-state index in [1.165, 1.54) is 16.4 Å². The summed E-state index contributed by atoms with van der Waals surface area (Å²) in [5.41, 5.74) is 1.42. The molecular formula is C16H19N3O4S. The van der Waals surface area contributed by atoms with Gasteiger partial charge in [-0.05, 0) is 51.0 Å². The Hall–Kier alpha value is -2.19. The molecule has 1 aromatic heterocycles. The molecule has 1 aliphatic heterocycles. The summed E-state index contributed by atoms with van der Waals surface area (Å²) < 4.78 is 31.4. The van der Waals surface area contributed by atoms with Crippen molar-refractivity contribution < 1.29 is 17.7 Å². The summed E-state index contributed by atoms with van der Waals surface area (Å²) >= 11 is 0. The predicted molar refractivity (Wildman–Crippen MR) is 88.4 cm³/mol. The molecule has 8 heteroatoms. The van der Waals surface area contributed by atoms with Crippen molar-refractivity contribution in [3.8, 4) is 0 Å². The molecule has 0 radical (unpaired) electrons. The topological polar surface area (TPSA) is 92.5 Å².